The van der Waals surface area contributed by atoms with Gasteiger partial charge in [-0.2, -0.15) is 12.1 Å². The average Bonchev–Trinajstić information content (AvgIpc) is 3.92. The monoisotopic (exact) mass is 1040 g/mol. The fourth-order valence-corrected chi connectivity index (χ4v) is 8.95. The molecule has 6 heteroatoms. The van der Waals surface area contributed by atoms with Gasteiger partial charge in [-0.25, -0.2) is 4.98 Å². The van der Waals surface area contributed by atoms with Crippen molar-refractivity contribution in [3.05, 3.63) is 235 Å². The van der Waals surface area contributed by atoms with E-state index in [1.54, 1.807) is 0 Å². The van der Waals surface area contributed by atoms with E-state index in [0.717, 1.165) is 55.8 Å². The summed E-state index contributed by atoms with van der Waals surface area (Å²) in [5.74, 6) is 2.01. The van der Waals surface area contributed by atoms with Gasteiger partial charge in [0, 0.05) is 55.9 Å². The molecule has 10 rings (SSSR count). The van der Waals surface area contributed by atoms with Crippen molar-refractivity contribution in [2.75, 3.05) is 0 Å². The van der Waals surface area contributed by atoms with Crippen LogP contribution >= 0.6 is 0 Å². The number of hydrogen-bond donors (Lipinski definition) is 0. The van der Waals surface area contributed by atoms with Crippen LogP contribution in [0, 0.1) is 18.5 Å². The number of ether oxygens (including phenoxy) is 1. The van der Waals surface area contributed by atoms with Crippen molar-refractivity contribution >= 4 is 21.8 Å². The molecule has 0 saturated carbocycles. The molecule has 3 aromatic heterocycles. The molecular weight excluding hydrogens is 988 g/mol. The van der Waals surface area contributed by atoms with E-state index in [-0.39, 0.29) is 37.3 Å². The van der Waals surface area contributed by atoms with Gasteiger partial charge in [0.2, 0.25) is 0 Å². The fraction of sp³-hybridized carbons (Fsp3) is 0.167. The van der Waals surface area contributed by atoms with Gasteiger partial charge in [0.15, 0.2) is 0 Å². The largest absolute Gasteiger partial charge is 0.510 e. The van der Waals surface area contributed by atoms with Crippen molar-refractivity contribution in [3.8, 4) is 39.9 Å². The van der Waals surface area contributed by atoms with E-state index in [2.05, 4.69) is 252 Å². The van der Waals surface area contributed by atoms with Gasteiger partial charge < -0.3 is 13.9 Å². The molecule has 0 saturated heterocycles. The van der Waals surface area contributed by atoms with Crippen molar-refractivity contribution in [2.24, 2.45) is 0 Å². The first kappa shape index (κ1) is 44.4. The van der Waals surface area contributed by atoms with E-state index in [1.165, 1.54) is 22.3 Å². The molecule has 5 nitrogen and oxygen atoms in total. The third-order valence-electron chi connectivity index (χ3n) is 13.0. The van der Waals surface area contributed by atoms with E-state index >= 15 is 0 Å². The first-order valence-corrected chi connectivity index (χ1v) is 22.4. The Hall–Kier alpha value is -6.81. The van der Waals surface area contributed by atoms with Crippen molar-refractivity contribution in [1.82, 2.24) is 14.1 Å². The summed E-state index contributed by atoms with van der Waals surface area (Å²) in [5, 5.41) is 2.21. The molecule has 0 fully saturated rings. The van der Waals surface area contributed by atoms with Gasteiger partial charge in [-0.3, -0.25) is 4.57 Å². The number of rotatable bonds is 10. The molecule has 0 aliphatic heterocycles. The zero-order valence-corrected chi connectivity index (χ0v) is 40.7. The molecule has 0 amide bonds. The normalized spacial score (nSPS) is 12.0. The summed E-state index contributed by atoms with van der Waals surface area (Å²) in [7, 11) is 0. The number of nitrogens with zero attached hydrogens (tertiary/aromatic N) is 4. The van der Waals surface area contributed by atoms with Gasteiger partial charge in [-0.15, -0.1) is 35.2 Å². The minimum Gasteiger partial charge on any atom is -0.510 e. The van der Waals surface area contributed by atoms with Gasteiger partial charge in [0.05, 0.1) is 11.4 Å². The van der Waals surface area contributed by atoms with Gasteiger partial charge in [-0.05, 0) is 80.1 Å². The SMILES string of the molecule is CC(C)(C)c1ccnc(-n2c3[c-]c(Oc4[c-]c(-n5[c-][n+](-c6cccc(C(C)(C)c7ccccc7)c6)c(-c6ccccc6)c5)cc(C(C)(C)c5ccccc5)c4)ccc3c3ccccc32)c1.[Pt]. The second-order valence-corrected chi connectivity index (χ2v) is 19.0. The molecule has 0 aliphatic rings. The number of aromatic nitrogens is 4. The van der Waals surface area contributed by atoms with Gasteiger partial charge in [0.1, 0.15) is 5.82 Å². The van der Waals surface area contributed by atoms with E-state index in [1.807, 2.05) is 16.8 Å². The topological polar surface area (TPSA) is 35.9 Å². The molecule has 0 atom stereocenters. The second kappa shape index (κ2) is 17.5. The summed E-state index contributed by atoms with van der Waals surface area (Å²) in [5.41, 5.74) is 11.2. The minimum absolute atomic E-state index is 0. The Morgan fingerprint density at radius 2 is 1.17 bits per heavy atom. The molecule has 330 valence electrons. The molecule has 0 radical (unpaired) electrons. The van der Waals surface area contributed by atoms with Crippen LogP contribution in [0.2, 0.25) is 0 Å². The molecule has 3 heterocycles. The molecule has 7 aromatic carbocycles. The Labute approximate surface area is 403 Å². The Kier molecular flexibility index (Phi) is 11.8. The first-order chi connectivity index (χ1) is 31.3. The van der Waals surface area contributed by atoms with Gasteiger partial charge >= 0.3 is 0 Å². The predicted octanol–water partition coefficient (Wildman–Crippen LogP) is 14.1. The molecule has 10 aromatic rings. The maximum Gasteiger partial charge on any atom is 0.267 e. The van der Waals surface area contributed by atoms with Crippen LogP contribution in [0.15, 0.2) is 188 Å². The summed E-state index contributed by atoms with van der Waals surface area (Å²) in [6, 6.07) is 69.2. The first-order valence-electron chi connectivity index (χ1n) is 22.4. The van der Waals surface area contributed by atoms with Crippen molar-refractivity contribution in [2.45, 2.75) is 64.7 Å². The summed E-state index contributed by atoms with van der Waals surface area (Å²) in [6.45, 7) is 15.8. The number of para-hydroxylation sites is 1. The molecule has 0 N–H and O–H groups in total. The smallest absolute Gasteiger partial charge is 0.267 e. The van der Waals surface area contributed by atoms with Crippen LogP contribution in [0.25, 0.3) is 50.3 Å². The minimum atomic E-state index is -0.379. The molecule has 0 aliphatic carbocycles. The standard InChI is InChI=1S/C60H52N4O.Pt/c1-58(2,3)45-32-33-61-57(37-45)64-54-29-18-17-28-52(54)53-31-30-50(39-55(53)64)65-51-36-47(60(6,7)44-24-15-10-16-25-44)35-49(38-51)62-40-56(42-20-11-8-12-21-42)63(41-62)48-27-19-26-46(34-48)59(4,5)43-22-13-9-14-23-43;/h8-37,40H,1-7H3;/q-2;. The quantitative estimate of drug-likeness (QED) is 0.101. The van der Waals surface area contributed by atoms with Crippen LogP contribution in [0.5, 0.6) is 11.5 Å². The number of imidazole rings is 1. The number of fused-ring (bicyclic) bond motifs is 3. The Bertz CT molecular complexity index is 3320. The maximum atomic E-state index is 6.91. The molecule has 66 heavy (non-hydrogen) atoms. The third kappa shape index (κ3) is 8.33. The zero-order chi connectivity index (χ0) is 44.9. The number of hydrogen-bond acceptors (Lipinski definition) is 2. The molecule has 0 bridgehead atoms. The Balaban J connectivity index is 0.00000548. The molecular formula is C60H52N4OPt-2. The van der Waals surface area contributed by atoms with Crippen LogP contribution in [0.3, 0.4) is 0 Å². The van der Waals surface area contributed by atoms with Crippen LogP contribution in [-0.4, -0.2) is 14.1 Å². The van der Waals surface area contributed by atoms with Crippen LogP contribution < -0.4 is 9.30 Å². The fourth-order valence-electron chi connectivity index (χ4n) is 8.95. The van der Waals surface area contributed by atoms with Crippen LogP contribution in [0.4, 0.5) is 0 Å². The van der Waals surface area contributed by atoms with Gasteiger partial charge in [0.25, 0.3) is 6.33 Å². The van der Waals surface area contributed by atoms with Crippen molar-refractivity contribution < 1.29 is 30.4 Å². The molecule has 0 unspecified atom stereocenters. The zero-order valence-electron chi connectivity index (χ0n) is 38.4. The number of benzene rings is 7. The van der Waals surface area contributed by atoms with Crippen LogP contribution in [-0.2, 0) is 37.3 Å². The maximum absolute atomic E-state index is 6.91. The Morgan fingerprint density at radius 1 is 0.530 bits per heavy atom. The summed E-state index contributed by atoms with van der Waals surface area (Å²) in [6.07, 6.45) is 7.80. The van der Waals surface area contributed by atoms with E-state index in [0.29, 0.717) is 11.5 Å². The molecule has 0 spiro atoms. The Morgan fingerprint density at radius 3 is 1.86 bits per heavy atom. The predicted molar refractivity (Wildman–Crippen MR) is 264 cm³/mol. The summed E-state index contributed by atoms with van der Waals surface area (Å²) >= 11 is 0. The summed E-state index contributed by atoms with van der Waals surface area (Å²) < 4.78 is 13.3. The van der Waals surface area contributed by atoms with Crippen molar-refractivity contribution in [1.29, 1.82) is 0 Å². The van der Waals surface area contributed by atoms with E-state index in [9.17, 15) is 0 Å². The average molecular weight is 1040 g/mol. The van der Waals surface area contributed by atoms with E-state index in [4.69, 9.17) is 9.72 Å². The third-order valence-corrected chi connectivity index (χ3v) is 13.0. The van der Waals surface area contributed by atoms with Crippen molar-refractivity contribution in [3.63, 3.8) is 0 Å². The van der Waals surface area contributed by atoms with Gasteiger partial charge in [-0.1, -0.05) is 175 Å². The second-order valence-electron chi connectivity index (χ2n) is 19.0. The van der Waals surface area contributed by atoms with Crippen LogP contribution in [0.1, 0.15) is 76.3 Å². The summed E-state index contributed by atoms with van der Waals surface area (Å²) in [4.78, 5) is 4.89. The van der Waals surface area contributed by atoms with E-state index < -0.39 is 0 Å². The number of pyridine rings is 1.